The third-order valence-corrected chi connectivity index (χ3v) is 3.25. The first-order valence-corrected chi connectivity index (χ1v) is 7.23. The first-order valence-electron chi connectivity index (χ1n) is 6.85. The van der Waals surface area contributed by atoms with E-state index in [9.17, 15) is 10.1 Å². The van der Waals surface area contributed by atoms with Gasteiger partial charge in [-0.05, 0) is 38.5 Å². The lowest BCUT2D eigenvalue weighted by Gasteiger charge is -2.18. The van der Waals surface area contributed by atoms with Crippen molar-refractivity contribution in [1.29, 1.82) is 5.26 Å². The summed E-state index contributed by atoms with van der Waals surface area (Å²) in [6, 6.07) is 8.83. The molecule has 1 aliphatic rings. The first kappa shape index (κ1) is 17.1. The number of amidine groups is 1. The Bertz CT molecular complexity index is 675. The van der Waals surface area contributed by atoms with Gasteiger partial charge < -0.3 is 15.2 Å². The van der Waals surface area contributed by atoms with Crippen LogP contribution in [0.1, 0.15) is 32.4 Å². The molecule has 2 atom stereocenters. The van der Waals surface area contributed by atoms with Gasteiger partial charge in [0, 0.05) is 5.02 Å². The number of nitrogens with zero attached hydrogens (tertiary/aromatic N) is 2. The standard InChI is InChI=1S/C15H17ClN4O3/c1-14(2,3)23-13(21)20-19-12(18)15(8-17)11(22-15)9-4-6-10(16)7-5-9/h4-7,11H,1-3H3,(H2,18,19)(H,20,21)/t11-,15+/m1/s1. The van der Waals surface area contributed by atoms with E-state index in [0.29, 0.717) is 5.02 Å². The molecule has 0 bridgehead atoms. The van der Waals surface area contributed by atoms with E-state index >= 15 is 0 Å². The van der Waals surface area contributed by atoms with Gasteiger partial charge in [-0.2, -0.15) is 10.4 Å². The Kier molecular flexibility index (Phi) is 4.50. The average molecular weight is 337 g/mol. The predicted octanol–water partition coefficient (Wildman–Crippen LogP) is 2.47. The number of carbonyl (C=O) groups is 1. The van der Waals surface area contributed by atoms with Gasteiger partial charge in [0.05, 0.1) is 0 Å². The Labute approximate surface area is 139 Å². The van der Waals surface area contributed by atoms with Gasteiger partial charge in [0.25, 0.3) is 0 Å². The first-order chi connectivity index (χ1) is 10.7. The summed E-state index contributed by atoms with van der Waals surface area (Å²) in [5.74, 6) is -0.147. The summed E-state index contributed by atoms with van der Waals surface area (Å²) in [4.78, 5) is 11.6. The Hall–Kier alpha value is -2.30. The number of rotatable bonds is 3. The van der Waals surface area contributed by atoms with Crippen LogP contribution in [0.25, 0.3) is 0 Å². The number of benzene rings is 1. The number of ether oxygens (including phenoxy) is 2. The molecular formula is C15H17ClN4O3. The number of amides is 1. The molecule has 1 heterocycles. The number of hydrogen-bond acceptors (Lipinski definition) is 5. The minimum atomic E-state index is -1.40. The second kappa shape index (κ2) is 6.07. The minimum Gasteiger partial charge on any atom is -0.443 e. The number of carbonyl (C=O) groups excluding carboxylic acids is 1. The van der Waals surface area contributed by atoms with Crippen molar-refractivity contribution in [1.82, 2.24) is 5.43 Å². The van der Waals surface area contributed by atoms with Gasteiger partial charge in [-0.25, -0.2) is 10.2 Å². The largest absolute Gasteiger partial charge is 0.443 e. The highest BCUT2D eigenvalue weighted by atomic mass is 35.5. The Balaban J connectivity index is 2.07. The molecule has 1 saturated heterocycles. The normalized spacial score (nSPS) is 23.8. The van der Waals surface area contributed by atoms with E-state index in [-0.39, 0.29) is 5.84 Å². The predicted molar refractivity (Wildman–Crippen MR) is 84.6 cm³/mol. The summed E-state index contributed by atoms with van der Waals surface area (Å²) in [7, 11) is 0. The quantitative estimate of drug-likeness (QED) is 0.381. The van der Waals surface area contributed by atoms with E-state index in [4.69, 9.17) is 26.8 Å². The Morgan fingerprint density at radius 2 is 2.09 bits per heavy atom. The van der Waals surface area contributed by atoms with Crippen LogP contribution in [-0.4, -0.2) is 23.1 Å². The third kappa shape index (κ3) is 3.92. The fourth-order valence-electron chi connectivity index (χ4n) is 1.92. The highest BCUT2D eigenvalue weighted by Gasteiger charge is 2.62. The van der Waals surface area contributed by atoms with Gasteiger partial charge in [-0.3, -0.25) is 0 Å². The summed E-state index contributed by atoms with van der Waals surface area (Å²) in [5, 5.41) is 13.6. The molecule has 0 spiro atoms. The van der Waals surface area contributed by atoms with Crippen LogP contribution in [0.2, 0.25) is 5.02 Å². The molecule has 0 radical (unpaired) electrons. The molecule has 0 aliphatic carbocycles. The second-order valence-electron chi connectivity index (χ2n) is 6.01. The monoisotopic (exact) mass is 336 g/mol. The van der Waals surface area contributed by atoms with E-state index in [1.807, 2.05) is 6.07 Å². The number of nitrogens with one attached hydrogen (secondary N) is 1. The molecule has 23 heavy (non-hydrogen) atoms. The van der Waals surface area contributed by atoms with Gasteiger partial charge in [0.1, 0.15) is 17.8 Å². The molecule has 3 N–H and O–H groups in total. The van der Waals surface area contributed by atoms with Crippen molar-refractivity contribution in [3.05, 3.63) is 34.9 Å². The third-order valence-electron chi connectivity index (χ3n) is 3.00. The lowest BCUT2D eigenvalue weighted by molar-refractivity contribution is 0.0529. The van der Waals surface area contributed by atoms with E-state index in [2.05, 4.69) is 10.5 Å². The summed E-state index contributed by atoms with van der Waals surface area (Å²) in [5.41, 5.74) is 6.63. The van der Waals surface area contributed by atoms with E-state index in [1.165, 1.54) is 0 Å². The van der Waals surface area contributed by atoms with Crippen molar-refractivity contribution in [2.45, 2.75) is 38.1 Å². The number of nitrogens with two attached hydrogens (primary N) is 1. The van der Waals surface area contributed by atoms with Gasteiger partial charge in [0.15, 0.2) is 5.84 Å². The van der Waals surface area contributed by atoms with Crippen LogP contribution in [0.5, 0.6) is 0 Å². The molecule has 7 nitrogen and oxygen atoms in total. The lowest BCUT2D eigenvalue weighted by Crippen LogP contribution is -2.36. The highest BCUT2D eigenvalue weighted by Crippen LogP contribution is 2.49. The molecule has 0 unspecified atom stereocenters. The molecule has 0 aromatic heterocycles. The molecule has 2 rings (SSSR count). The van der Waals surface area contributed by atoms with Gasteiger partial charge in [-0.15, -0.1) is 0 Å². The fraction of sp³-hybridized carbons (Fsp3) is 0.400. The fourth-order valence-corrected chi connectivity index (χ4v) is 2.04. The molecule has 1 amide bonds. The minimum absolute atomic E-state index is 0.147. The zero-order valence-electron chi connectivity index (χ0n) is 13.0. The van der Waals surface area contributed by atoms with Crippen molar-refractivity contribution in [2.75, 3.05) is 0 Å². The number of halogens is 1. The molecule has 1 aliphatic heterocycles. The smallest absolute Gasteiger partial charge is 0.428 e. The zero-order valence-corrected chi connectivity index (χ0v) is 13.7. The van der Waals surface area contributed by atoms with Crippen molar-refractivity contribution < 1.29 is 14.3 Å². The zero-order chi connectivity index (χ0) is 17.3. The summed E-state index contributed by atoms with van der Waals surface area (Å²) >= 11 is 5.83. The summed E-state index contributed by atoms with van der Waals surface area (Å²) in [6.45, 7) is 5.16. The van der Waals surface area contributed by atoms with Gasteiger partial charge in [-0.1, -0.05) is 23.7 Å². The van der Waals surface area contributed by atoms with Crippen LogP contribution >= 0.6 is 11.6 Å². The maximum atomic E-state index is 11.6. The van der Waals surface area contributed by atoms with Crippen molar-refractivity contribution >= 4 is 23.5 Å². The molecule has 1 fully saturated rings. The van der Waals surface area contributed by atoms with Crippen LogP contribution in [0.4, 0.5) is 4.79 Å². The van der Waals surface area contributed by atoms with E-state index in [1.54, 1.807) is 45.0 Å². The number of hydrogen-bond donors (Lipinski definition) is 2. The van der Waals surface area contributed by atoms with E-state index in [0.717, 1.165) is 5.56 Å². The second-order valence-corrected chi connectivity index (χ2v) is 6.44. The van der Waals surface area contributed by atoms with Crippen LogP contribution < -0.4 is 11.2 Å². The van der Waals surface area contributed by atoms with Crippen LogP contribution in [0.3, 0.4) is 0 Å². The lowest BCUT2D eigenvalue weighted by atomic mass is 10.00. The van der Waals surface area contributed by atoms with Crippen molar-refractivity contribution in [3.63, 3.8) is 0 Å². The molecular weight excluding hydrogens is 320 g/mol. The van der Waals surface area contributed by atoms with Gasteiger partial charge in [0.2, 0.25) is 5.60 Å². The van der Waals surface area contributed by atoms with Crippen LogP contribution in [0, 0.1) is 11.3 Å². The SMILES string of the molecule is CC(C)(C)OC(=O)N/N=C(\N)[C@@]1(C#N)O[C@@H]1c1ccc(Cl)cc1. The number of nitriles is 1. The molecule has 1 aromatic rings. The average Bonchev–Trinajstić information content (AvgIpc) is 3.20. The maximum Gasteiger partial charge on any atom is 0.428 e. The Morgan fingerprint density at radius 1 is 1.48 bits per heavy atom. The van der Waals surface area contributed by atoms with Crippen molar-refractivity contribution in [2.24, 2.45) is 10.8 Å². The molecule has 0 saturated carbocycles. The van der Waals surface area contributed by atoms with Gasteiger partial charge >= 0.3 is 6.09 Å². The van der Waals surface area contributed by atoms with Crippen LogP contribution in [0.15, 0.2) is 29.4 Å². The number of hydrazone groups is 1. The maximum absolute atomic E-state index is 11.6. The van der Waals surface area contributed by atoms with E-state index < -0.39 is 23.4 Å². The van der Waals surface area contributed by atoms with Crippen molar-refractivity contribution in [3.8, 4) is 6.07 Å². The molecule has 8 heteroatoms. The Morgan fingerprint density at radius 3 is 2.61 bits per heavy atom. The van der Waals surface area contributed by atoms with Crippen LogP contribution in [-0.2, 0) is 9.47 Å². The molecule has 122 valence electrons. The molecule has 1 aromatic carbocycles. The summed E-state index contributed by atoms with van der Waals surface area (Å²) in [6.07, 6.45) is -1.33. The highest BCUT2D eigenvalue weighted by molar-refractivity contribution is 6.30. The summed E-state index contributed by atoms with van der Waals surface area (Å²) < 4.78 is 10.5. The number of epoxide rings is 1. The topological polar surface area (TPSA) is 113 Å².